The maximum atomic E-state index is 12.0. The molecular formula is C13H21NOS. The highest BCUT2D eigenvalue weighted by atomic mass is 32.2. The first-order valence-electron chi connectivity index (χ1n) is 5.51. The van der Waals surface area contributed by atoms with Gasteiger partial charge in [0.1, 0.15) is 0 Å². The molecule has 0 aliphatic heterocycles. The van der Waals surface area contributed by atoms with Crippen molar-refractivity contribution in [1.82, 2.24) is 0 Å². The van der Waals surface area contributed by atoms with E-state index < -0.39 is 10.8 Å². The van der Waals surface area contributed by atoms with Crippen LogP contribution in [0.2, 0.25) is 0 Å². The Morgan fingerprint density at radius 1 is 1.25 bits per heavy atom. The van der Waals surface area contributed by atoms with E-state index in [1.807, 2.05) is 31.2 Å². The average molecular weight is 239 g/mol. The number of rotatable bonds is 3. The van der Waals surface area contributed by atoms with E-state index in [1.165, 1.54) is 5.56 Å². The summed E-state index contributed by atoms with van der Waals surface area (Å²) in [6.07, 6.45) is 0. The standard InChI is InChI=1S/C13H21NOS/c1-10-5-7-11(8-6-10)16(15)9-12(14)13(2,3)4/h5-8,12H,9,14H2,1-4H3/t12-,16?/m1/s1. The Morgan fingerprint density at radius 3 is 2.19 bits per heavy atom. The molecule has 0 aromatic heterocycles. The van der Waals surface area contributed by atoms with Crippen molar-refractivity contribution in [2.45, 2.75) is 38.6 Å². The number of hydrogen-bond acceptors (Lipinski definition) is 2. The van der Waals surface area contributed by atoms with Crippen LogP contribution in [0.4, 0.5) is 0 Å². The smallest absolute Gasteiger partial charge is 0.0545 e. The number of nitrogens with two attached hydrogens (primary N) is 1. The van der Waals surface area contributed by atoms with Crippen molar-refractivity contribution in [3.63, 3.8) is 0 Å². The Balaban J connectivity index is 2.70. The zero-order valence-electron chi connectivity index (χ0n) is 10.5. The van der Waals surface area contributed by atoms with E-state index in [9.17, 15) is 4.21 Å². The van der Waals surface area contributed by atoms with Crippen LogP contribution in [-0.2, 0) is 10.8 Å². The van der Waals surface area contributed by atoms with Crippen LogP contribution in [0.1, 0.15) is 26.3 Å². The summed E-state index contributed by atoms with van der Waals surface area (Å²) in [6.45, 7) is 8.24. The molecule has 1 rings (SSSR count). The van der Waals surface area contributed by atoms with Crippen molar-refractivity contribution < 1.29 is 4.21 Å². The molecule has 3 heteroatoms. The van der Waals surface area contributed by atoms with E-state index >= 15 is 0 Å². The molecule has 1 aromatic carbocycles. The highest BCUT2D eigenvalue weighted by molar-refractivity contribution is 7.85. The van der Waals surface area contributed by atoms with Gasteiger partial charge in [-0.3, -0.25) is 4.21 Å². The second kappa shape index (κ2) is 5.11. The van der Waals surface area contributed by atoms with Crippen LogP contribution in [0.25, 0.3) is 0 Å². The Kier molecular flexibility index (Phi) is 4.28. The van der Waals surface area contributed by atoms with Crippen LogP contribution in [0.15, 0.2) is 29.2 Å². The Labute approximate surface area is 101 Å². The molecule has 0 spiro atoms. The summed E-state index contributed by atoms with van der Waals surface area (Å²) in [5.74, 6) is 0.520. The summed E-state index contributed by atoms with van der Waals surface area (Å²) in [5, 5.41) is 0. The van der Waals surface area contributed by atoms with Crippen LogP contribution >= 0.6 is 0 Å². The minimum absolute atomic E-state index is 0.000354. The first-order valence-corrected chi connectivity index (χ1v) is 6.83. The van der Waals surface area contributed by atoms with E-state index in [1.54, 1.807) is 0 Å². The molecule has 1 aromatic rings. The molecule has 16 heavy (non-hydrogen) atoms. The van der Waals surface area contributed by atoms with Gasteiger partial charge in [-0.15, -0.1) is 0 Å². The van der Waals surface area contributed by atoms with Crippen molar-refractivity contribution in [3.05, 3.63) is 29.8 Å². The molecule has 1 unspecified atom stereocenters. The topological polar surface area (TPSA) is 43.1 Å². The maximum Gasteiger partial charge on any atom is 0.0545 e. The summed E-state index contributed by atoms with van der Waals surface area (Å²) >= 11 is 0. The molecule has 0 radical (unpaired) electrons. The molecule has 0 amide bonds. The molecule has 0 aliphatic carbocycles. The third kappa shape index (κ3) is 3.72. The molecule has 0 saturated heterocycles. The fraction of sp³-hybridized carbons (Fsp3) is 0.538. The summed E-state index contributed by atoms with van der Waals surface area (Å²) in [4.78, 5) is 0.866. The van der Waals surface area contributed by atoms with Gasteiger partial charge in [-0.2, -0.15) is 0 Å². The lowest BCUT2D eigenvalue weighted by Gasteiger charge is -2.26. The Bertz CT molecular complexity index is 365. The van der Waals surface area contributed by atoms with Crippen molar-refractivity contribution in [3.8, 4) is 0 Å². The van der Waals surface area contributed by atoms with Gasteiger partial charge in [0, 0.05) is 16.7 Å². The second-order valence-electron chi connectivity index (χ2n) is 5.30. The lowest BCUT2D eigenvalue weighted by molar-refractivity contribution is 0.342. The number of benzene rings is 1. The van der Waals surface area contributed by atoms with Gasteiger partial charge < -0.3 is 5.73 Å². The monoisotopic (exact) mass is 239 g/mol. The number of aryl methyl sites for hydroxylation is 1. The summed E-state index contributed by atoms with van der Waals surface area (Å²) in [5.41, 5.74) is 7.21. The normalized spacial score (nSPS) is 15.8. The van der Waals surface area contributed by atoms with E-state index in [0.29, 0.717) is 5.75 Å². The van der Waals surface area contributed by atoms with Crippen LogP contribution in [0.5, 0.6) is 0 Å². The highest BCUT2D eigenvalue weighted by Gasteiger charge is 2.22. The summed E-state index contributed by atoms with van der Waals surface area (Å²) in [6, 6.07) is 7.75. The van der Waals surface area contributed by atoms with E-state index in [4.69, 9.17) is 5.73 Å². The highest BCUT2D eigenvalue weighted by Crippen LogP contribution is 2.19. The minimum atomic E-state index is -0.993. The predicted molar refractivity (Wildman–Crippen MR) is 69.9 cm³/mol. The fourth-order valence-corrected chi connectivity index (χ4v) is 2.66. The van der Waals surface area contributed by atoms with E-state index in [2.05, 4.69) is 20.8 Å². The average Bonchev–Trinajstić information content (AvgIpc) is 2.17. The van der Waals surface area contributed by atoms with Gasteiger partial charge in [0.15, 0.2) is 0 Å². The van der Waals surface area contributed by atoms with Crippen LogP contribution in [0.3, 0.4) is 0 Å². The van der Waals surface area contributed by atoms with Gasteiger partial charge in [0.25, 0.3) is 0 Å². The zero-order valence-corrected chi connectivity index (χ0v) is 11.3. The van der Waals surface area contributed by atoms with Crippen molar-refractivity contribution >= 4 is 10.8 Å². The molecule has 90 valence electrons. The van der Waals surface area contributed by atoms with Crippen molar-refractivity contribution in [2.24, 2.45) is 11.1 Å². The predicted octanol–water partition coefficient (Wildman–Crippen LogP) is 2.48. The molecule has 0 saturated carbocycles. The third-order valence-corrected chi connectivity index (χ3v) is 4.19. The van der Waals surface area contributed by atoms with Gasteiger partial charge in [0.2, 0.25) is 0 Å². The first kappa shape index (κ1) is 13.4. The van der Waals surface area contributed by atoms with Crippen molar-refractivity contribution in [2.75, 3.05) is 5.75 Å². The van der Waals surface area contributed by atoms with E-state index in [0.717, 1.165) is 4.90 Å². The Hall–Kier alpha value is -0.670. The number of hydrogen-bond donors (Lipinski definition) is 1. The molecule has 2 nitrogen and oxygen atoms in total. The van der Waals surface area contributed by atoms with Crippen LogP contribution < -0.4 is 5.73 Å². The second-order valence-corrected chi connectivity index (χ2v) is 6.79. The van der Waals surface area contributed by atoms with Crippen molar-refractivity contribution in [1.29, 1.82) is 0 Å². The summed E-state index contributed by atoms with van der Waals surface area (Å²) < 4.78 is 12.0. The van der Waals surface area contributed by atoms with Gasteiger partial charge in [-0.1, -0.05) is 38.5 Å². The quantitative estimate of drug-likeness (QED) is 0.880. The first-order chi connectivity index (χ1) is 7.30. The molecule has 2 atom stereocenters. The lowest BCUT2D eigenvalue weighted by atomic mass is 9.89. The largest absolute Gasteiger partial charge is 0.326 e. The molecule has 0 fully saturated rings. The molecular weight excluding hydrogens is 218 g/mol. The molecule has 2 N–H and O–H groups in total. The van der Waals surface area contributed by atoms with Gasteiger partial charge >= 0.3 is 0 Å². The SMILES string of the molecule is Cc1ccc(S(=O)C[C@@H](N)C(C)(C)C)cc1. The zero-order chi connectivity index (χ0) is 12.3. The van der Waals surface area contributed by atoms with Crippen LogP contribution in [-0.4, -0.2) is 16.0 Å². The van der Waals surface area contributed by atoms with Gasteiger partial charge in [-0.25, -0.2) is 0 Å². The van der Waals surface area contributed by atoms with Gasteiger partial charge in [0.05, 0.1) is 10.8 Å². The molecule has 0 heterocycles. The van der Waals surface area contributed by atoms with Crippen LogP contribution in [0, 0.1) is 12.3 Å². The molecule has 0 aliphatic rings. The lowest BCUT2D eigenvalue weighted by Crippen LogP contribution is -2.39. The van der Waals surface area contributed by atoms with Gasteiger partial charge in [-0.05, 0) is 24.5 Å². The fourth-order valence-electron chi connectivity index (χ4n) is 1.20. The summed E-state index contributed by atoms with van der Waals surface area (Å²) in [7, 11) is -0.993. The minimum Gasteiger partial charge on any atom is -0.326 e. The van der Waals surface area contributed by atoms with E-state index in [-0.39, 0.29) is 11.5 Å². The maximum absolute atomic E-state index is 12.0. The third-order valence-electron chi connectivity index (χ3n) is 2.73. The Morgan fingerprint density at radius 2 is 1.75 bits per heavy atom. The molecule has 0 bridgehead atoms.